The van der Waals surface area contributed by atoms with Gasteiger partial charge in [-0.2, -0.15) is 0 Å². The molecule has 1 saturated heterocycles. The maximum atomic E-state index is 12.9. The van der Waals surface area contributed by atoms with Crippen LogP contribution in [0.2, 0.25) is 0 Å². The van der Waals surface area contributed by atoms with Crippen molar-refractivity contribution < 1.29 is 18.0 Å². The van der Waals surface area contributed by atoms with Gasteiger partial charge in [-0.1, -0.05) is 25.1 Å². The number of sulfone groups is 1. The van der Waals surface area contributed by atoms with Gasteiger partial charge in [0.15, 0.2) is 9.84 Å². The lowest BCUT2D eigenvalue weighted by Gasteiger charge is -2.36. The van der Waals surface area contributed by atoms with Gasteiger partial charge in [-0.25, -0.2) is 8.42 Å². The van der Waals surface area contributed by atoms with Crippen LogP contribution in [0.3, 0.4) is 0 Å². The monoisotopic (exact) mass is 473 g/mol. The summed E-state index contributed by atoms with van der Waals surface area (Å²) in [4.78, 5) is 29.7. The lowest BCUT2D eigenvalue weighted by molar-refractivity contribution is -0.131. The van der Waals surface area contributed by atoms with Crippen LogP contribution in [0.4, 0.5) is 11.4 Å². The van der Waals surface area contributed by atoms with E-state index in [2.05, 4.69) is 10.2 Å². The lowest BCUT2D eigenvalue weighted by Crippen LogP contribution is -2.49. The molecule has 4 rings (SSSR count). The van der Waals surface area contributed by atoms with Gasteiger partial charge < -0.3 is 15.1 Å². The summed E-state index contributed by atoms with van der Waals surface area (Å²) in [7, 11) is -3.64. The van der Waals surface area contributed by atoms with Crippen LogP contribution in [0.1, 0.15) is 13.3 Å². The van der Waals surface area contributed by atoms with Gasteiger partial charge in [0.1, 0.15) is 0 Å². The number of piperazine rings is 1. The lowest BCUT2D eigenvalue weighted by atomic mass is 10.2. The van der Waals surface area contributed by atoms with Gasteiger partial charge in [-0.05, 0) is 30.3 Å². The molecule has 2 aromatic rings. The van der Waals surface area contributed by atoms with E-state index < -0.39 is 9.84 Å². The first kappa shape index (κ1) is 22.7. The highest BCUT2D eigenvalue weighted by Crippen LogP contribution is 2.34. The van der Waals surface area contributed by atoms with E-state index in [-0.39, 0.29) is 34.8 Å². The number of benzene rings is 2. The molecule has 1 fully saturated rings. The van der Waals surface area contributed by atoms with Crippen LogP contribution in [-0.4, -0.2) is 62.8 Å². The molecular weight excluding hydrogens is 446 g/mol. The Morgan fingerprint density at radius 3 is 2.53 bits per heavy atom. The molecule has 7 nitrogen and oxygen atoms in total. The molecule has 0 aliphatic carbocycles. The Hall–Kier alpha value is -2.52. The summed E-state index contributed by atoms with van der Waals surface area (Å²) in [6.45, 7) is 4.45. The van der Waals surface area contributed by atoms with Crippen molar-refractivity contribution in [3.05, 3.63) is 48.5 Å². The molecule has 0 bridgehead atoms. The van der Waals surface area contributed by atoms with E-state index in [1.807, 2.05) is 37.3 Å². The number of hydrogen-bond acceptors (Lipinski definition) is 6. The summed E-state index contributed by atoms with van der Waals surface area (Å²) in [6.07, 6.45) is -0.0527. The number of nitrogens with one attached hydrogen (secondary N) is 1. The van der Waals surface area contributed by atoms with Crippen LogP contribution >= 0.6 is 11.8 Å². The highest BCUT2D eigenvalue weighted by Gasteiger charge is 2.25. The SMILES string of the molecule is C[C@@H]1CSc2ccc(S(=O)(=O)CCC(=O)N3CCN(c4ccccc4)CC3)cc2NC1=O. The van der Waals surface area contributed by atoms with E-state index >= 15 is 0 Å². The molecule has 2 aliphatic rings. The number of fused-ring (bicyclic) bond motifs is 1. The average molecular weight is 474 g/mol. The van der Waals surface area contributed by atoms with Gasteiger partial charge >= 0.3 is 0 Å². The van der Waals surface area contributed by atoms with E-state index in [0.717, 1.165) is 23.7 Å². The summed E-state index contributed by atoms with van der Waals surface area (Å²) in [5, 5.41) is 2.81. The molecule has 1 atom stereocenters. The molecule has 0 spiro atoms. The second-order valence-electron chi connectivity index (χ2n) is 8.13. The first-order chi connectivity index (χ1) is 15.3. The Kier molecular flexibility index (Phi) is 6.76. The van der Waals surface area contributed by atoms with Crippen molar-refractivity contribution in [2.45, 2.75) is 23.1 Å². The molecular formula is C23H27N3O4S2. The quantitative estimate of drug-likeness (QED) is 0.719. The molecule has 2 heterocycles. The van der Waals surface area contributed by atoms with Crippen molar-refractivity contribution in [1.29, 1.82) is 0 Å². The maximum Gasteiger partial charge on any atom is 0.228 e. The molecule has 32 heavy (non-hydrogen) atoms. The van der Waals surface area contributed by atoms with Crippen molar-refractivity contribution in [3.63, 3.8) is 0 Å². The van der Waals surface area contributed by atoms with Crippen LogP contribution in [0.25, 0.3) is 0 Å². The zero-order valence-electron chi connectivity index (χ0n) is 18.0. The van der Waals surface area contributed by atoms with Crippen molar-refractivity contribution in [1.82, 2.24) is 4.90 Å². The van der Waals surface area contributed by atoms with E-state index in [1.165, 1.54) is 17.8 Å². The normalized spacial score (nSPS) is 19.2. The van der Waals surface area contributed by atoms with Crippen molar-refractivity contribution in [2.24, 2.45) is 5.92 Å². The number of nitrogens with zero attached hydrogens (tertiary/aromatic N) is 2. The number of amides is 2. The van der Waals surface area contributed by atoms with E-state index in [0.29, 0.717) is 24.5 Å². The van der Waals surface area contributed by atoms with Gasteiger partial charge in [-0.3, -0.25) is 9.59 Å². The molecule has 0 saturated carbocycles. The predicted molar refractivity (Wildman–Crippen MR) is 127 cm³/mol. The fourth-order valence-corrected chi connectivity index (χ4v) is 6.09. The Bertz CT molecular complexity index is 1100. The van der Waals surface area contributed by atoms with Crippen molar-refractivity contribution in [2.75, 3.05) is 47.9 Å². The fraction of sp³-hybridized carbons (Fsp3) is 0.391. The zero-order chi connectivity index (χ0) is 22.7. The third kappa shape index (κ3) is 5.10. The van der Waals surface area contributed by atoms with Crippen LogP contribution in [0.15, 0.2) is 58.3 Å². The van der Waals surface area contributed by atoms with Gasteiger partial charge in [0, 0.05) is 54.9 Å². The summed E-state index contributed by atoms with van der Waals surface area (Å²) in [5.74, 6) is -0.00498. The first-order valence-electron chi connectivity index (χ1n) is 10.7. The average Bonchev–Trinajstić information content (AvgIpc) is 2.95. The van der Waals surface area contributed by atoms with Crippen LogP contribution < -0.4 is 10.2 Å². The summed E-state index contributed by atoms with van der Waals surface area (Å²) in [6, 6.07) is 14.9. The number of hydrogen-bond donors (Lipinski definition) is 1. The summed E-state index contributed by atoms with van der Waals surface area (Å²) >= 11 is 1.53. The first-order valence-corrected chi connectivity index (χ1v) is 13.4. The van der Waals surface area contributed by atoms with E-state index in [4.69, 9.17) is 0 Å². The third-order valence-electron chi connectivity index (χ3n) is 5.84. The van der Waals surface area contributed by atoms with Gasteiger partial charge in [0.2, 0.25) is 11.8 Å². The van der Waals surface area contributed by atoms with Gasteiger partial charge in [-0.15, -0.1) is 11.8 Å². The molecule has 170 valence electrons. The largest absolute Gasteiger partial charge is 0.368 e. The number of para-hydroxylation sites is 1. The van der Waals surface area contributed by atoms with E-state index in [9.17, 15) is 18.0 Å². The third-order valence-corrected chi connectivity index (χ3v) is 8.89. The summed E-state index contributed by atoms with van der Waals surface area (Å²) < 4.78 is 25.8. The Labute approximate surface area is 193 Å². The van der Waals surface area contributed by atoms with E-state index in [1.54, 1.807) is 17.0 Å². The Morgan fingerprint density at radius 1 is 1.09 bits per heavy atom. The topological polar surface area (TPSA) is 86.8 Å². The smallest absolute Gasteiger partial charge is 0.228 e. The second kappa shape index (κ2) is 9.54. The van der Waals surface area contributed by atoms with Crippen LogP contribution in [0, 0.1) is 5.92 Å². The minimum atomic E-state index is -3.64. The molecule has 0 radical (unpaired) electrons. The highest BCUT2D eigenvalue weighted by molar-refractivity contribution is 7.99. The van der Waals surface area contributed by atoms with Crippen molar-refractivity contribution >= 4 is 44.8 Å². The molecule has 0 unspecified atom stereocenters. The number of thioether (sulfide) groups is 1. The van der Waals surface area contributed by atoms with Gasteiger partial charge in [0.05, 0.1) is 16.3 Å². The highest BCUT2D eigenvalue weighted by atomic mass is 32.2. The number of rotatable bonds is 5. The standard InChI is InChI=1S/C23H27N3O4S2/c1-17-16-31-21-8-7-19(15-20(21)24-23(17)28)32(29,30)14-9-22(27)26-12-10-25(11-13-26)18-5-3-2-4-6-18/h2-8,15,17H,9-14,16H2,1H3,(H,24,28)/t17-/m1/s1. The van der Waals surface area contributed by atoms with Crippen LogP contribution in [-0.2, 0) is 19.4 Å². The summed E-state index contributed by atoms with van der Waals surface area (Å²) in [5.41, 5.74) is 1.65. The Balaban J connectivity index is 1.35. The van der Waals surface area contributed by atoms with Crippen LogP contribution in [0.5, 0.6) is 0 Å². The number of carbonyl (C=O) groups is 2. The predicted octanol–water partition coefficient (Wildman–Crippen LogP) is 2.88. The molecule has 0 aromatic heterocycles. The molecule has 1 N–H and O–H groups in total. The molecule has 2 amide bonds. The minimum absolute atomic E-state index is 0.0527. The molecule has 2 aliphatic heterocycles. The molecule has 2 aromatic carbocycles. The minimum Gasteiger partial charge on any atom is -0.368 e. The second-order valence-corrected chi connectivity index (χ2v) is 11.3. The number of carbonyl (C=O) groups excluding carboxylic acids is 2. The van der Waals surface area contributed by atoms with Crippen molar-refractivity contribution in [3.8, 4) is 0 Å². The number of anilines is 2. The maximum absolute atomic E-state index is 12.9. The fourth-order valence-electron chi connectivity index (χ4n) is 3.82. The molecule has 9 heteroatoms. The Morgan fingerprint density at radius 2 is 1.81 bits per heavy atom. The zero-order valence-corrected chi connectivity index (χ0v) is 19.6. The van der Waals surface area contributed by atoms with Gasteiger partial charge in [0.25, 0.3) is 0 Å².